The zero-order valence-electron chi connectivity index (χ0n) is 11.7. The largest absolute Gasteiger partial charge is 0.349 e. The summed E-state index contributed by atoms with van der Waals surface area (Å²) in [6.07, 6.45) is 1.70. The summed E-state index contributed by atoms with van der Waals surface area (Å²) in [4.78, 5) is 15.6. The third-order valence-electron chi connectivity index (χ3n) is 3.74. The van der Waals surface area contributed by atoms with E-state index in [1.54, 1.807) is 22.7 Å². The minimum atomic E-state index is -0.191. The lowest BCUT2D eigenvalue weighted by Gasteiger charge is -2.36. The Morgan fingerprint density at radius 1 is 1.43 bits per heavy atom. The van der Waals surface area contributed by atoms with Crippen LogP contribution in [0, 0.1) is 5.92 Å². The van der Waals surface area contributed by atoms with Gasteiger partial charge in [-0.3, -0.25) is 9.69 Å². The molecule has 1 amide bonds. The quantitative estimate of drug-likeness (QED) is 0.686. The molecule has 0 aliphatic carbocycles. The standard InChI is InChI=1S/C16H16N2OS2/c1-3-9-18-15(19)13-12(11-7-5-4-6-8-11)10(2)21-14(13)17-16(18)20/h3-8,13-14H,1,9H2,2H3,(H,17,20). The van der Waals surface area contributed by atoms with Crippen LogP contribution in [0.4, 0.5) is 0 Å². The molecule has 0 aromatic heterocycles. The average Bonchev–Trinajstić information content (AvgIpc) is 2.80. The number of nitrogens with zero attached hydrogens (tertiary/aromatic N) is 1. The number of rotatable bonds is 3. The minimum Gasteiger partial charge on any atom is -0.349 e. The molecular weight excluding hydrogens is 300 g/mol. The van der Waals surface area contributed by atoms with Gasteiger partial charge in [0.25, 0.3) is 0 Å². The monoisotopic (exact) mass is 316 g/mol. The van der Waals surface area contributed by atoms with E-state index in [2.05, 4.69) is 31.0 Å². The Morgan fingerprint density at radius 2 is 2.14 bits per heavy atom. The van der Waals surface area contributed by atoms with Gasteiger partial charge in [-0.2, -0.15) is 0 Å². The molecule has 1 aromatic carbocycles. The fourth-order valence-corrected chi connectivity index (χ4v) is 4.51. The second-order valence-electron chi connectivity index (χ2n) is 5.04. The normalized spacial score (nSPS) is 24.9. The van der Waals surface area contributed by atoms with Gasteiger partial charge < -0.3 is 5.32 Å². The van der Waals surface area contributed by atoms with Crippen LogP contribution < -0.4 is 5.32 Å². The van der Waals surface area contributed by atoms with Gasteiger partial charge in [0.2, 0.25) is 5.91 Å². The van der Waals surface area contributed by atoms with Gasteiger partial charge >= 0.3 is 0 Å². The van der Waals surface area contributed by atoms with Crippen LogP contribution in [0.15, 0.2) is 47.9 Å². The Morgan fingerprint density at radius 3 is 2.81 bits per heavy atom. The lowest BCUT2D eigenvalue weighted by atomic mass is 9.90. The van der Waals surface area contributed by atoms with Crippen molar-refractivity contribution in [1.82, 2.24) is 10.2 Å². The maximum atomic E-state index is 12.8. The van der Waals surface area contributed by atoms with Crippen molar-refractivity contribution in [3.8, 4) is 0 Å². The van der Waals surface area contributed by atoms with Crippen LogP contribution >= 0.6 is 24.0 Å². The Balaban J connectivity index is 2.00. The Labute approximate surface area is 134 Å². The smallest absolute Gasteiger partial charge is 0.239 e. The molecule has 21 heavy (non-hydrogen) atoms. The summed E-state index contributed by atoms with van der Waals surface area (Å²) in [7, 11) is 0. The molecule has 0 spiro atoms. The third kappa shape index (κ3) is 2.40. The zero-order chi connectivity index (χ0) is 15.0. The molecule has 1 fully saturated rings. The van der Waals surface area contributed by atoms with Gasteiger partial charge in [-0.15, -0.1) is 18.3 Å². The number of hydrogen-bond acceptors (Lipinski definition) is 3. The summed E-state index contributed by atoms with van der Waals surface area (Å²) in [5.41, 5.74) is 2.22. The number of carbonyl (C=O) groups excluding carboxylic acids is 1. The van der Waals surface area contributed by atoms with Crippen LogP contribution in [0.1, 0.15) is 12.5 Å². The predicted molar refractivity (Wildman–Crippen MR) is 91.5 cm³/mol. The fourth-order valence-electron chi connectivity index (χ4n) is 2.83. The van der Waals surface area contributed by atoms with Gasteiger partial charge in [-0.05, 0) is 35.2 Å². The molecule has 0 saturated carbocycles. The maximum Gasteiger partial charge on any atom is 0.239 e. The summed E-state index contributed by atoms with van der Waals surface area (Å²) >= 11 is 6.99. The molecule has 1 aromatic rings. The van der Waals surface area contributed by atoms with Crippen molar-refractivity contribution < 1.29 is 4.79 Å². The number of amides is 1. The highest BCUT2D eigenvalue weighted by Gasteiger charge is 2.46. The molecule has 2 atom stereocenters. The molecule has 108 valence electrons. The van der Waals surface area contributed by atoms with E-state index in [9.17, 15) is 4.79 Å². The van der Waals surface area contributed by atoms with Crippen LogP contribution in [-0.4, -0.2) is 27.8 Å². The topological polar surface area (TPSA) is 32.3 Å². The van der Waals surface area contributed by atoms with Gasteiger partial charge in [0.05, 0.1) is 11.3 Å². The van der Waals surface area contributed by atoms with Crippen molar-refractivity contribution in [2.24, 2.45) is 5.92 Å². The molecule has 0 radical (unpaired) electrons. The summed E-state index contributed by atoms with van der Waals surface area (Å²) in [6, 6.07) is 10.1. The highest BCUT2D eigenvalue weighted by atomic mass is 32.2. The van der Waals surface area contributed by atoms with Gasteiger partial charge in [0.1, 0.15) is 0 Å². The SMILES string of the molecule is C=CCN1C(=O)C2C(c3ccccc3)=C(C)SC2NC1=S. The highest BCUT2D eigenvalue weighted by Crippen LogP contribution is 2.47. The zero-order valence-corrected chi connectivity index (χ0v) is 13.3. The molecule has 2 unspecified atom stereocenters. The van der Waals surface area contributed by atoms with E-state index in [-0.39, 0.29) is 17.2 Å². The van der Waals surface area contributed by atoms with Crippen LogP contribution in [0.3, 0.4) is 0 Å². The van der Waals surface area contributed by atoms with E-state index in [4.69, 9.17) is 12.2 Å². The number of fused-ring (bicyclic) bond motifs is 1. The number of thiocarbonyl (C=S) groups is 1. The van der Waals surface area contributed by atoms with Crippen molar-refractivity contribution >= 4 is 40.6 Å². The lowest BCUT2D eigenvalue weighted by molar-refractivity contribution is -0.130. The minimum absolute atomic E-state index is 0.00118. The van der Waals surface area contributed by atoms with Crippen molar-refractivity contribution in [3.63, 3.8) is 0 Å². The molecular formula is C16H16N2OS2. The Hall–Kier alpha value is -1.59. The Kier molecular flexibility index (Phi) is 3.87. The molecule has 1 saturated heterocycles. The fraction of sp³-hybridized carbons (Fsp3) is 0.250. The number of nitrogens with one attached hydrogen (secondary N) is 1. The summed E-state index contributed by atoms with van der Waals surface area (Å²) < 4.78 is 0. The van der Waals surface area contributed by atoms with Crippen LogP contribution in [0.2, 0.25) is 0 Å². The lowest BCUT2D eigenvalue weighted by Crippen LogP contribution is -2.57. The van der Waals surface area contributed by atoms with E-state index in [1.807, 2.05) is 18.2 Å². The summed E-state index contributed by atoms with van der Waals surface area (Å²) in [6.45, 7) is 6.22. The molecule has 5 heteroatoms. The van der Waals surface area contributed by atoms with Crippen molar-refractivity contribution in [2.45, 2.75) is 12.3 Å². The maximum absolute atomic E-state index is 12.8. The van der Waals surface area contributed by atoms with Crippen LogP contribution in [0.25, 0.3) is 5.57 Å². The van der Waals surface area contributed by atoms with Crippen LogP contribution in [-0.2, 0) is 4.79 Å². The summed E-state index contributed by atoms with van der Waals surface area (Å²) in [5, 5.41) is 3.78. The first kappa shape index (κ1) is 14.4. The number of allylic oxidation sites excluding steroid dienone is 1. The van der Waals surface area contributed by atoms with Gasteiger partial charge in [0.15, 0.2) is 5.11 Å². The van der Waals surface area contributed by atoms with Crippen molar-refractivity contribution in [3.05, 3.63) is 53.5 Å². The first-order valence-corrected chi connectivity index (χ1v) is 8.08. The first-order chi connectivity index (χ1) is 10.1. The second-order valence-corrected chi connectivity index (χ2v) is 6.78. The second kappa shape index (κ2) is 5.66. The first-order valence-electron chi connectivity index (χ1n) is 6.79. The number of thioether (sulfide) groups is 1. The van der Waals surface area contributed by atoms with E-state index < -0.39 is 0 Å². The molecule has 1 N–H and O–H groups in total. The Bertz CT molecular complexity index is 639. The molecule has 2 heterocycles. The number of carbonyl (C=O) groups is 1. The predicted octanol–water partition coefficient (Wildman–Crippen LogP) is 3.01. The van der Waals surface area contributed by atoms with Gasteiger partial charge in [-0.25, -0.2) is 0 Å². The average molecular weight is 316 g/mol. The molecule has 2 aliphatic rings. The van der Waals surface area contributed by atoms with Gasteiger partial charge in [0, 0.05) is 6.54 Å². The van der Waals surface area contributed by atoms with E-state index in [0.29, 0.717) is 11.7 Å². The third-order valence-corrected chi connectivity index (χ3v) is 5.29. The van der Waals surface area contributed by atoms with E-state index in [1.165, 1.54) is 4.91 Å². The summed E-state index contributed by atoms with van der Waals surface area (Å²) in [5.74, 6) is -0.129. The molecule has 0 bridgehead atoms. The van der Waals surface area contributed by atoms with Crippen molar-refractivity contribution in [1.29, 1.82) is 0 Å². The highest BCUT2D eigenvalue weighted by molar-refractivity contribution is 8.04. The van der Waals surface area contributed by atoms with E-state index >= 15 is 0 Å². The van der Waals surface area contributed by atoms with Gasteiger partial charge in [-0.1, -0.05) is 36.4 Å². The van der Waals surface area contributed by atoms with Crippen LogP contribution in [0.5, 0.6) is 0 Å². The van der Waals surface area contributed by atoms with Crippen molar-refractivity contribution in [2.75, 3.05) is 6.54 Å². The molecule has 3 nitrogen and oxygen atoms in total. The molecule has 2 aliphatic heterocycles. The number of hydrogen-bond donors (Lipinski definition) is 1. The van der Waals surface area contributed by atoms with E-state index in [0.717, 1.165) is 11.1 Å². The number of benzene rings is 1. The molecule has 3 rings (SSSR count).